The normalized spacial score (nSPS) is 19.7. The molecular weight excluding hydrogens is 450 g/mol. The Morgan fingerprint density at radius 3 is 2.41 bits per heavy atom. The predicted molar refractivity (Wildman–Crippen MR) is 115 cm³/mol. The first kappa shape index (κ1) is 22.4. The highest BCUT2D eigenvalue weighted by Crippen LogP contribution is 2.45. The number of alkyl halides is 2. The largest absolute Gasteiger partial charge is 0.367 e. The van der Waals surface area contributed by atoms with E-state index in [4.69, 9.17) is 14.5 Å². The van der Waals surface area contributed by atoms with Crippen LogP contribution in [0.15, 0.2) is 47.0 Å². The zero-order valence-electron chi connectivity index (χ0n) is 18.1. The van der Waals surface area contributed by atoms with Gasteiger partial charge in [-0.25, -0.2) is 17.6 Å². The number of benzene rings is 2. The van der Waals surface area contributed by atoms with Gasteiger partial charge >= 0.3 is 0 Å². The third-order valence-corrected chi connectivity index (χ3v) is 6.29. The van der Waals surface area contributed by atoms with Gasteiger partial charge in [-0.1, -0.05) is 11.2 Å². The Morgan fingerprint density at radius 2 is 1.79 bits per heavy atom. The molecule has 2 fully saturated rings. The van der Waals surface area contributed by atoms with E-state index in [-0.39, 0.29) is 30.2 Å². The summed E-state index contributed by atoms with van der Waals surface area (Å²) in [7, 11) is 0. The predicted octanol–water partition coefficient (Wildman–Crippen LogP) is 5.80. The molecule has 3 aromatic rings. The highest BCUT2D eigenvalue weighted by Gasteiger charge is 2.46. The van der Waals surface area contributed by atoms with Crippen molar-refractivity contribution in [3.05, 3.63) is 71.0 Å². The first-order chi connectivity index (χ1) is 16.4. The fourth-order valence-corrected chi connectivity index (χ4v) is 4.32. The van der Waals surface area contributed by atoms with Gasteiger partial charge < -0.3 is 14.2 Å². The zero-order valence-corrected chi connectivity index (χ0v) is 18.1. The second-order valence-electron chi connectivity index (χ2n) is 8.67. The van der Waals surface area contributed by atoms with E-state index >= 15 is 8.78 Å². The van der Waals surface area contributed by atoms with E-state index in [1.165, 1.54) is 6.07 Å². The summed E-state index contributed by atoms with van der Waals surface area (Å²) in [5.41, 5.74) is 0.979. The smallest absolute Gasteiger partial charge is 0.290 e. The maximum Gasteiger partial charge on any atom is 0.290 e. The number of nitriles is 1. The van der Waals surface area contributed by atoms with E-state index in [0.717, 1.165) is 25.0 Å². The molecule has 0 amide bonds. The van der Waals surface area contributed by atoms with Crippen molar-refractivity contribution in [2.45, 2.75) is 43.8 Å². The van der Waals surface area contributed by atoms with Crippen molar-refractivity contribution in [3.63, 3.8) is 0 Å². The maximum atomic E-state index is 15.0. The van der Waals surface area contributed by atoms with E-state index in [2.05, 4.69) is 5.16 Å². The third-order valence-electron chi connectivity index (χ3n) is 6.29. The molecule has 5 nitrogen and oxygen atoms in total. The van der Waals surface area contributed by atoms with E-state index in [1.807, 2.05) is 6.07 Å². The lowest BCUT2D eigenvalue weighted by molar-refractivity contribution is -0.148. The molecule has 1 unspecified atom stereocenters. The molecule has 9 heteroatoms. The molecule has 2 heterocycles. The van der Waals surface area contributed by atoms with Gasteiger partial charge in [-0.2, -0.15) is 5.26 Å². The van der Waals surface area contributed by atoms with Crippen LogP contribution in [0.1, 0.15) is 42.1 Å². The van der Waals surface area contributed by atoms with Gasteiger partial charge in [0.15, 0.2) is 0 Å². The van der Waals surface area contributed by atoms with Crippen molar-refractivity contribution >= 4 is 5.69 Å². The lowest BCUT2D eigenvalue weighted by atomic mass is 10.0. The summed E-state index contributed by atoms with van der Waals surface area (Å²) in [4.78, 5) is 1.55. The summed E-state index contributed by atoms with van der Waals surface area (Å²) >= 11 is 0. The number of piperidine rings is 1. The van der Waals surface area contributed by atoms with Crippen LogP contribution in [0.2, 0.25) is 0 Å². The Labute approximate surface area is 193 Å². The molecule has 1 aliphatic heterocycles. The van der Waals surface area contributed by atoms with Gasteiger partial charge in [-0.3, -0.25) is 0 Å². The van der Waals surface area contributed by atoms with Crippen LogP contribution in [0.4, 0.5) is 23.2 Å². The SMILES string of the molecule is N#Cc1ccc(N2CCC(OCc3c(-c4c(F)cccc4F)noc3C3CC3)C(F)(F)C2)cc1. The molecular formula is C25H21F4N3O2. The summed E-state index contributed by atoms with van der Waals surface area (Å²) in [6.07, 6.45) is 0.351. The Morgan fingerprint density at radius 1 is 1.09 bits per heavy atom. The summed E-state index contributed by atoms with van der Waals surface area (Å²) in [6.45, 7) is -0.493. The molecule has 2 aromatic carbocycles. The second kappa shape index (κ2) is 8.76. The molecule has 0 bridgehead atoms. The zero-order chi connectivity index (χ0) is 23.9. The molecule has 1 saturated heterocycles. The Hall–Kier alpha value is -3.38. The van der Waals surface area contributed by atoms with Gasteiger partial charge in [0.05, 0.1) is 30.3 Å². The number of hydrogen-bond donors (Lipinski definition) is 0. The highest BCUT2D eigenvalue weighted by atomic mass is 19.3. The monoisotopic (exact) mass is 471 g/mol. The van der Waals surface area contributed by atoms with E-state index in [1.54, 1.807) is 29.2 Å². The van der Waals surface area contributed by atoms with E-state index in [9.17, 15) is 8.78 Å². The lowest BCUT2D eigenvalue weighted by Crippen LogP contribution is -2.52. The third kappa shape index (κ3) is 4.26. The first-order valence-electron chi connectivity index (χ1n) is 11.0. The summed E-state index contributed by atoms with van der Waals surface area (Å²) in [5, 5.41) is 12.8. The molecule has 0 radical (unpaired) electrons. The first-order valence-corrected chi connectivity index (χ1v) is 11.0. The van der Waals surface area contributed by atoms with Crippen molar-refractivity contribution in [1.82, 2.24) is 5.16 Å². The van der Waals surface area contributed by atoms with Gasteiger partial charge in [0, 0.05) is 23.7 Å². The van der Waals surface area contributed by atoms with Gasteiger partial charge in [0.1, 0.15) is 29.2 Å². The summed E-state index contributed by atoms with van der Waals surface area (Å²) in [5.74, 6) is -4.28. The van der Waals surface area contributed by atoms with Crippen LogP contribution >= 0.6 is 0 Å². The van der Waals surface area contributed by atoms with Crippen LogP contribution < -0.4 is 4.90 Å². The standard InChI is InChI=1S/C25H21F4N3O2/c26-19-2-1-3-20(27)22(19)23-18(24(34-31-23)16-6-7-16)13-33-21-10-11-32(14-25(21,28)29)17-8-4-15(12-30)5-9-17/h1-5,8-9,16,21H,6-7,10-11,13-14H2. The minimum Gasteiger partial charge on any atom is -0.367 e. The lowest BCUT2D eigenvalue weighted by Gasteiger charge is -2.39. The van der Waals surface area contributed by atoms with Crippen LogP contribution in [0.3, 0.4) is 0 Å². The topological polar surface area (TPSA) is 62.3 Å². The number of rotatable bonds is 6. The van der Waals surface area contributed by atoms with Gasteiger partial charge in [-0.15, -0.1) is 0 Å². The highest BCUT2D eigenvalue weighted by molar-refractivity contribution is 5.65. The molecule has 2 aliphatic rings. The summed E-state index contributed by atoms with van der Waals surface area (Å²) < 4.78 is 69.9. The van der Waals surface area contributed by atoms with Crippen molar-refractivity contribution in [3.8, 4) is 17.3 Å². The van der Waals surface area contributed by atoms with Crippen molar-refractivity contribution < 1.29 is 26.8 Å². The van der Waals surface area contributed by atoms with Crippen LogP contribution in [0, 0.1) is 23.0 Å². The Kier molecular flexibility index (Phi) is 5.78. The molecule has 1 saturated carbocycles. The fourth-order valence-electron chi connectivity index (χ4n) is 4.32. The maximum absolute atomic E-state index is 15.0. The van der Waals surface area contributed by atoms with Gasteiger partial charge in [-0.05, 0) is 55.7 Å². The number of halogens is 4. The Bertz CT molecular complexity index is 1210. The molecule has 176 valence electrons. The molecule has 0 N–H and O–H groups in total. The van der Waals surface area contributed by atoms with Crippen LogP contribution in [-0.2, 0) is 11.3 Å². The average Bonchev–Trinajstić information content (AvgIpc) is 3.58. The van der Waals surface area contributed by atoms with E-state index in [0.29, 0.717) is 29.1 Å². The molecule has 0 spiro atoms. The number of aromatic nitrogens is 1. The number of ether oxygens (including phenoxy) is 1. The average molecular weight is 471 g/mol. The molecule has 1 aromatic heterocycles. The second-order valence-corrected chi connectivity index (χ2v) is 8.67. The number of nitrogens with zero attached hydrogens (tertiary/aromatic N) is 3. The van der Waals surface area contributed by atoms with Crippen molar-refractivity contribution in [1.29, 1.82) is 5.26 Å². The minimum atomic E-state index is -3.16. The molecule has 1 aliphatic carbocycles. The van der Waals surface area contributed by atoms with Crippen LogP contribution in [0.5, 0.6) is 0 Å². The Balaban J connectivity index is 1.34. The van der Waals surface area contributed by atoms with Crippen molar-refractivity contribution in [2.75, 3.05) is 18.0 Å². The van der Waals surface area contributed by atoms with E-state index < -0.39 is 30.2 Å². The molecule has 5 rings (SSSR count). The van der Waals surface area contributed by atoms with Crippen LogP contribution in [0.25, 0.3) is 11.3 Å². The van der Waals surface area contributed by atoms with Gasteiger partial charge in [0.25, 0.3) is 5.92 Å². The van der Waals surface area contributed by atoms with Crippen molar-refractivity contribution in [2.24, 2.45) is 0 Å². The number of anilines is 1. The molecule has 1 atom stereocenters. The summed E-state index contributed by atoms with van der Waals surface area (Å²) in [6, 6.07) is 11.9. The number of hydrogen-bond acceptors (Lipinski definition) is 5. The molecule has 34 heavy (non-hydrogen) atoms. The van der Waals surface area contributed by atoms with Crippen LogP contribution in [-0.4, -0.2) is 30.3 Å². The minimum absolute atomic E-state index is 0.0455. The fraction of sp³-hybridized carbons (Fsp3) is 0.360. The van der Waals surface area contributed by atoms with Gasteiger partial charge in [0.2, 0.25) is 0 Å². The quantitative estimate of drug-likeness (QED) is 0.425.